The van der Waals surface area contributed by atoms with Gasteiger partial charge in [-0.05, 0) is 18.4 Å². The number of hydrogen-bond donors (Lipinski definition) is 1. The molecular formula is C19H20N2O2. The molecule has 2 unspecified atom stereocenters. The van der Waals surface area contributed by atoms with Crippen LogP contribution in [-0.4, -0.2) is 10.1 Å². The van der Waals surface area contributed by atoms with Crippen LogP contribution in [0.4, 0.5) is 0 Å². The quantitative estimate of drug-likeness (QED) is 0.935. The number of nitriles is 1. The average molecular weight is 308 g/mol. The lowest BCUT2D eigenvalue weighted by Gasteiger charge is -2.25. The second-order valence-corrected chi connectivity index (χ2v) is 6.42. The summed E-state index contributed by atoms with van der Waals surface area (Å²) < 4.78 is 6.02. The van der Waals surface area contributed by atoms with Crippen LogP contribution < -0.4 is 0 Å². The zero-order chi connectivity index (χ0) is 16.6. The van der Waals surface area contributed by atoms with Gasteiger partial charge in [-0.1, -0.05) is 44.2 Å². The number of hydrogen-bond acceptors (Lipinski definition) is 4. The van der Waals surface area contributed by atoms with Crippen molar-refractivity contribution in [3.05, 3.63) is 58.9 Å². The molecule has 0 radical (unpaired) electrons. The predicted octanol–water partition coefficient (Wildman–Crippen LogP) is 3.84. The maximum atomic E-state index is 10.6. The number of pyridine rings is 1. The Hall–Kier alpha value is -2.38. The third-order valence-electron chi connectivity index (χ3n) is 4.63. The van der Waals surface area contributed by atoms with E-state index < -0.39 is 11.5 Å². The van der Waals surface area contributed by atoms with E-state index in [0.717, 1.165) is 16.7 Å². The minimum Gasteiger partial charge on any atom is -0.506 e. The molecule has 0 fully saturated rings. The Morgan fingerprint density at radius 3 is 2.61 bits per heavy atom. The van der Waals surface area contributed by atoms with Gasteiger partial charge < -0.3 is 9.84 Å². The summed E-state index contributed by atoms with van der Waals surface area (Å²) in [5.74, 6) is -0.245. The zero-order valence-corrected chi connectivity index (χ0v) is 13.6. The number of benzene rings is 1. The van der Waals surface area contributed by atoms with Gasteiger partial charge in [0.2, 0.25) is 0 Å². The van der Waals surface area contributed by atoms with Crippen LogP contribution in [0.3, 0.4) is 0 Å². The van der Waals surface area contributed by atoms with Crippen LogP contribution >= 0.6 is 0 Å². The van der Waals surface area contributed by atoms with Crippen LogP contribution in [0.15, 0.2) is 36.5 Å². The van der Waals surface area contributed by atoms with Crippen molar-refractivity contribution in [3.8, 4) is 11.8 Å². The Morgan fingerprint density at radius 1 is 1.30 bits per heavy atom. The van der Waals surface area contributed by atoms with Crippen molar-refractivity contribution in [2.45, 2.75) is 38.9 Å². The number of rotatable bonds is 3. The Kier molecular flexibility index (Phi) is 3.83. The summed E-state index contributed by atoms with van der Waals surface area (Å²) in [4.78, 5) is 4.41. The highest BCUT2D eigenvalue weighted by Gasteiger charge is 2.40. The molecule has 0 saturated carbocycles. The largest absolute Gasteiger partial charge is 0.506 e. The monoisotopic (exact) mass is 308 g/mol. The molecule has 2 heterocycles. The first-order chi connectivity index (χ1) is 11.0. The fourth-order valence-corrected chi connectivity index (χ4v) is 3.16. The Bertz CT molecular complexity index is 765. The second kappa shape index (κ2) is 5.68. The molecule has 2 aromatic rings. The molecule has 1 aliphatic rings. The van der Waals surface area contributed by atoms with Gasteiger partial charge in [0, 0.05) is 17.3 Å². The van der Waals surface area contributed by atoms with Crippen molar-refractivity contribution in [2.24, 2.45) is 5.92 Å². The fraction of sp³-hybridized carbons (Fsp3) is 0.368. The van der Waals surface area contributed by atoms with E-state index in [2.05, 4.69) is 11.1 Å². The van der Waals surface area contributed by atoms with Crippen LogP contribution in [-0.2, 0) is 16.9 Å². The number of aromatic nitrogens is 1. The SMILES string of the molecule is CC(C)C(C#N)c1ncc2c(c1O)COC2(C)c1ccccc1. The first-order valence-electron chi connectivity index (χ1n) is 7.79. The molecule has 3 rings (SSSR count). The summed E-state index contributed by atoms with van der Waals surface area (Å²) in [6, 6.07) is 12.1. The average Bonchev–Trinajstić information content (AvgIpc) is 2.90. The molecule has 1 N–H and O–H groups in total. The summed E-state index contributed by atoms with van der Waals surface area (Å²) in [5.41, 5.74) is 2.45. The highest BCUT2D eigenvalue weighted by atomic mass is 16.5. The fourth-order valence-electron chi connectivity index (χ4n) is 3.16. The van der Waals surface area contributed by atoms with E-state index in [1.807, 2.05) is 51.1 Å². The molecule has 1 aromatic carbocycles. The molecule has 4 heteroatoms. The van der Waals surface area contributed by atoms with E-state index in [1.165, 1.54) is 0 Å². The number of nitrogens with zero attached hydrogens (tertiary/aromatic N) is 2. The number of ether oxygens (including phenoxy) is 1. The van der Waals surface area contributed by atoms with Crippen LogP contribution in [0.5, 0.6) is 5.75 Å². The lowest BCUT2D eigenvalue weighted by atomic mass is 9.86. The van der Waals surface area contributed by atoms with E-state index in [-0.39, 0.29) is 11.7 Å². The van der Waals surface area contributed by atoms with Crippen molar-refractivity contribution in [1.29, 1.82) is 5.26 Å². The molecule has 0 spiro atoms. The predicted molar refractivity (Wildman–Crippen MR) is 86.8 cm³/mol. The number of fused-ring (bicyclic) bond motifs is 1. The topological polar surface area (TPSA) is 66.1 Å². The van der Waals surface area contributed by atoms with Gasteiger partial charge in [-0.25, -0.2) is 0 Å². The summed E-state index contributed by atoms with van der Waals surface area (Å²) in [5, 5.41) is 20.0. The molecule has 0 saturated heterocycles. The molecule has 118 valence electrons. The van der Waals surface area contributed by atoms with Gasteiger partial charge in [-0.15, -0.1) is 0 Å². The molecule has 1 aromatic heterocycles. The Morgan fingerprint density at radius 2 is 2.00 bits per heavy atom. The first kappa shape index (κ1) is 15.5. The Labute approximate surface area is 136 Å². The maximum absolute atomic E-state index is 10.6. The molecule has 1 aliphatic heterocycles. The third-order valence-corrected chi connectivity index (χ3v) is 4.63. The van der Waals surface area contributed by atoms with Crippen LogP contribution in [0.25, 0.3) is 0 Å². The van der Waals surface area contributed by atoms with Gasteiger partial charge in [0.25, 0.3) is 0 Å². The van der Waals surface area contributed by atoms with Crippen molar-refractivity contribution < 1.29 is 9.84 Å². The van der Waals surface area contributed by atoms with Gasteiger partial charge in [-0.3, -0.25) is 4.98 Å². The van der Waals surface area contributed by atoms with Gasteiger partial charge in [0.15, 0.2) is 0 Å². The molecule has 2 atom stereocenters. The highest BCUT2D eigenvalue weighted by Crippen LogP contribution is 2.46. The van der Waals surface area contributed by atoms with Crippen molar-refractivity contribution in [3.63, 3.8) is 0 Å². The third kappa shape index (κ3) is 2.38. The molecule has 0 bridgehead atoms. The second-order valence-electron chi connectivity index (χ2n) is 6.42. The van der Waals surface area contributed by atoms with E-state index in [1.54, 1.807) is 6.20 Å². The minimum atomic E-state index is -0.625. The van der Waals surface area contributed by atoms with E-state index in [0.29, 0.717) is 12.3 Å². The van der Waals surface area contributed by atoms with Gasteiger partial charge in [0.1, 0.15) is 11.4 Å². The van der Waals surface area contributed by atoms with Crippen LogP contribution in [0.2, 0.25) is 0 Å². The van der Waals surface area contributed by atoms with Gasteiger partial charge in [-0.2, -0.15) is 5.26 Å². The van der Waals surface area contributed by atoms with Crippen molar-refractivity contribution in [1.82, 2.24) is 4.98 Å². The standard InChI is InChI=1S/C19H20N2O2/c1-12(2)14(9-20)17-18(22)15-11-23-19(3,16(15)10-21-17)13-7-5-4-6-8-13/h4-8,10,12,14,22H,11H2,1-3H3. The van der Waals surface area contributed by atoms with E-state index in [9.17, 15) is 10.4 Å². The normalized spacial score (nSPS) is 21.0. The van der Waals surface area contributed by atoms with Crippen molar-refractivity contribution in [2.75, 3.05) is 0 Å². The summed E-state index contributed by atoms with van der Waals surface area (Å²) >= 11 is 0. The van der Waals surface area contributed by atoms with Crippen molar-refractivity contribution >= 4 is 0 Å². The lowest BCUT2D eigenvalue weighted by Crippen LogP contribution is -2.22. The smallest absolute Gasteiger partial charge is 0.144 e. The lowest BCUT2D eigenvalue weighted by molar-refractivity contribution is 0.00934. The summed E-state index contributed by atoms with van der Waals surface area (Å²) in [7, 11) is 0. The molecule has 0 amide bonds. The van der Waals surface area contributed by atoms with Gasteiger partial charge in [0.05, 0.1) is 24.3 Å². The van der Waals surface area contributed by atoms with Gasteiger partial charge >= 0.3 is 0 Å². The molecule has 23 heavy (non-hydrogen) atoms. The van der Waals surface area contributed by atoms with Crippen LogP contribution in [0, 0.1) is 17.2 Å². The highest BCUT2D eigenvalue weighted by molar-refractivity contribution is 5.51. The maximum Gasteiger partial charge on any atom is 0.144 e. The van der Waals surface area contributed by atoms with Crippen LogP contribution in [0.1, 0.15) is 49.1 Å². The Balaban J connectivity index is 2.11. The van der Waals surface area contributed by atoms with E-state index >= 15 is 0 Å². The summed E-state index contributed by atoms with van der Waals surface area (Å²) in [6.45, 7) is 6.21. The molecular weight excluding hydrogens is 288 g/mol. The van der Waals surface area contributed by atoms with E-state index in [4.69, 9.17) is 4.74 Å². The molecule has 4 nitrogen and oxygen atoms in total. The minimum absolute atomic E-state index is 0.0827. The first-order valence-corrected chi connectivity index (χ1v) is 7.79. The summed E-state index contributed by atoms with van der Waals surface area (Å²) in [6.07, 6.45) is 1.75. The molecule has 0 aliphatic carbocycles. The number of aromatic hydroxyl groups is 1. The zero-order valence-electron chi connectivity index (χ0n) is 13.6.